The normalized spacial score (nSPS) is 17.2. The summed E-state index contributed by atoms with van der Waals surface area (Å²) in [5.74, 6) is 0.674. The first-order valence-corrected chi connectivity index (χ1v) is 8.47. The van der Waals surface area contributed by atoms with Crippen molar-refractivity contribution in [3.8, 4) is 11.8 Å². The van der Waals surface area contributed by atoms with Crippen LogP contribution in [0.1, 0.15) is 34.6 Å². The van der Waals surface area contributed by atoms with Crippen LogP contribution in [0.2, 0.25) is 0 Å². The number of methoxy groups -OCH3 is 1. The third-order valence-corrected chi connectivity index (χ3v) is 4.22. The lowest BCUT2D eigenvalue weighted by molar-refractivity contribution is 0.0514. The molecule has 1 atom stereocenters. The van der Waals surface area contributed by atoms with E-state index >= 15 is 0 Å². The number of amides is 1. The second-order valence-electron chi connectivity index (χ2n) is 6.30. The Morgan fingerprint density at radius 1 is 1.20 bits per heavy atom. The molecule has 1 aliphatic heterocycles. The van der Waals surface area contributed by atoms with Gasteiger partial charge < -0.3 is 14.4 Å². The van der Waals surface area contributed by atoms with Crippen molar-refractivity contribution in [3.63, 3.8) is 0 Å². The number of benzene rings is 1. The molecule has 1 amide bonds. The van der Waals surface area contributed by atoms with Crippen molar-refractivity contribution in [3.05, 3.63) is 47.3 Å². The van der Waals surface area contributed by atoms with E-state index in [1.54, 1.807) is 13.2 Å². The van der Waals surface area contributed by atoms with E-state index in [1.165, 1.54) is 0 Å². The van der Waals surface area contributed by atoms with Gasteiger partial charge in [0.2, 0.25) is 0 Å². The highest BCUT2D eigenvalue weighted by atomic mass is 16.5. The monoisotopic (exact) mass is 341 g/mol. The number of aryl methyl sites for hydroxylation is 2. The molecule has 1 saturated heterocycles. The largest absolute Gasteiger partial charge is 0.497 e. The van der Waals surface area contributed by atoms with E-state index in [1.807, 2.05) is 43.0 Å². The first-order valence-electron chi connectivity index (χ1n) is 8.47. The van der Waals surface area contributed by atoms with Crippen molar-refractivity contribution in [2.45, 2.75) is 32.8 Å². The average molecular weight is 341 g/mol. The minimum absolute atomic E-state index is 0.00598. The number of likely N-dealkylation sites (tertiary alicyclic amines) is 1. The summed E-state index contributed by atoms with van der Waals surface area (Å²) in [6.07, 6.45) is 1.69. The Morgan fingerprint density at radius 3 is 2.68 bits per heavy atom. The highest BCUT2D eigenvalue weighted by Gasteiger charge is 2.26. The van der Waals surface area contributed by atoms with Gasteiger partial charge in [-0.1, -0.05) is 6.07 Å². The van der Waals surface area contributed by atoms with Crippen LogP contribution in [0.3, 0.4) is 0 Å². The molecule has 3 rings (SSSR count). The molecule has 6 nitrogen and oxygen atoms in total. The van der Waals surface area contributed by atoms with Gasteiger partial charge in [-0.15, -0.1) is 0 Å². The summed E-state index contributed by atoms with van der Waals surface area (Å²) < 4.78 is 11.1. The Bertz CT molecular complexity index is 743. The third-order valence-electron chi connectivity index (χ3n) is 4.22. The lowest BCUT2D eigenvalue weighted by Gasteiger charge is -2.32. The number of ether oxygens (including phenoxy) is 2. The van der Waals surface area contributed by atoms with Gasteiger partial charge >= 0.3 is 6.01 Å². The van der Waals surface area contributed by atoms with E-state index in [0.29, 0.717) is 23.9 Å². The van der Waals surface area contributed by atoms with Crippen LogP contribution in [0.25, 0.3) is 0 Å². The number of hydrogen-bond donors (Lipinski definition) is 0. The molecule has 1 unspecified atom stereocenters. The van der Waals surface area contributed by atoms with Gasteiger partial charge in [-0.25, -0.2) is 9.97 Å². The van der Waals surface area contributed by atoms with Crippen LogP contribution in [0.15, 0.2) is 30.3 Å². The van der Waals surface area contributed by atoms with Crippen LogP contribution in [0, 0.1) is 13.8 Å². The molecule has 1 fully saturated rings. The minimum atomic E-state index is -0.0930. The van der Waals surface area contributed by atoms with Crippen molar-refractivity contribution in [1.82, 2.24) is 14.9 Å². The van der Waals surface area contributed by atoms with Crippen LogP contribution < -0.4 is 9.47 Å². The van der Waals surface area contributed by atoms with Gasteiger partial charge in [-0.3, -0.25) is 4.79 Å². The quantitative estimate of drug-likeness (QED) is 0.855. The summed E-state index contributed by atoms with van der Waals surface area (Å²) in [6.45, 7) is 5.10. The van der Waals surface area contributed by atoms with E-state index in [0.717, 1.165) is 30.8 Å². The van der Waals surface area contributed by atoms with E-state index in [9.17, 15) is 4.79 Å². The van der Waals surface area contributed by atoms with E-state index in [4.69, 9.17) is 9.47 Å². The Kier molecular flexibility index (Phi) is 5.16. The summed E-state index contributed by atoms with van der Waals surface area (Å²) in [4.78, 5) is 23.2. The third kappa shape index (κ3) is 4.26. The highest BCUT2D eigenvalue weighted by Crippen LogP contribution is 2.20. The summed E-state index contributed by atoms with van der Waals surface area (Å²) in [5.41, 5.74) is 2.38. The molecule has 0 aliphatic carbocycles. The van der Waals surface area contributed by atoms with E-state index in [-0.39, 0.29) is 12.0 Å². The molecule has 0 bridgehead atoms. The predicted molar refractivity (Wildman–Crippen MR) is 94.1 cm³/mol. The number of carbonyl (C=O) groups excluding carboxylic acids is 1. The summed E-state index contributed by atoms with van der Waals surface area (Å²) >= 11 is 0. The van der Waals surface area contributed by atoms with Crippen molar-refractivity contribution >= 4 is 5.91 Å². The Hall–Kier alpha value is -2.63. The SMILES string of the molecule is COc1cccc(C(=O)N2CCCC(Oc3nc(C)cc(C)n3)C2)c1. The van der Waals surface area contributed by atoms with Gasteiger partial charge in [-0.2, -0.15) is 0 Å². The van der Waals surface area contributed by atoms with Crippen LogP contribution in [0.4, 0.5) is 0 Å². The van der Waals surface area contributed by atoms with Gasteiger partial charge in [0.25, 0.3) is 5.91 Å². The molecule has 2 aromatic rings. The van der Waals surface area contributed by atoms with Gasteiger partial charge in [0.15, 0.2) is 0 Å². The van der Waals surface area contributed by atoms with Crippen LogP contribution in [0.5, 0.6) is 11.8 Å². The fourth-order valence-electron chi connectivity index (χ4n) is 3.05. The van der Waals surface area contributed by atoms with Gasteiger partial charge in [0.1, 0.15) is 11.9 Å². The Labute approximate surface area is 147 Å². The second-order valence-corrected chi connectivity index (χ2v) is 6.30. The number of hydrogen-bond acceptors (Lipinski definition) is 5. The number of piperidine rings is 1. The number of rotatable bonds is 4. The van der Waals surface area contributed by atoms with Crippen LogP contribution >= 0.6 is 0 Å². The lowest BCUT2D eigenvalue weighted by Crippen LogP contribution is -2.44. The Balaban J connectivity index is 1.68. The maximum atomic E-state index is 12.8. The predicted octanol–water partition coefficient (Wildman–Crippen LogP) is 2.79. The standard InChI is InChI=1S/C19H23N3O3/c1-13-10-14(2)21-19(20-13)25-17-8-5-9-22(12-17)18(23)15-6-4-7-16(11-15)24-3/h4,6-7,10-11,17H,5,8-9,12H2,1-3H3. The molecular weight excluding hydrogens is 318 g/mol. The molecule has 25 heavy (non-hydrogen) atoms. The zero-order valence-electron chi connectivity index (χ0n) is 14.9. The van der Waals surface area contributed by atoms with Crippen LogP contribution in [-0.4, -0.2) is 47.1 Å². The second kappa shape index (κ2) is 7.51. The van der Waals surface area contributed by atoms with E-state index < -0.39 is 0 Å². The summed E-state index contributed by atoms with van der Waals surface area (Å²) in [5, 5.41) is 0. The fraction of sp³-hybridized carbons (Fsp3) is 0.421. The maximum Gasteiger partial charge on any atom is 0.317 e. The lowest BCUT2D eigenvalue weighted by atomic mass is 10.1. The zero-order valence-corrected chi connectivity index (χ0v) is 14.9. The molecule has 1 aliphatic rings. The van der Waals surface area contributed by atoms with Crippen molar-refractivity contribution in [2.75, 3.05) is 20.2 Å². The zero-order chi connectivity index (χ0) is 17.8. The molecule has 2 heterocycles. The molecular formula is C19H23N3O3. The van der Waals surface area contributed by atoms with Gasteiger partial charge in [-0.05, 0) is 51.0 Å². The first-order chi connectivity index (χ1) is 12.0. The fourth-order valence-corrected chi connectivity index (χ4v) is 3.05. The number of carbonyl (C=O) groups is 1. The molecule has 1 aromatic heterocycles. The average Bonchev–Trinajstić information content (AvgIpc) is 2.60. The van der Waals surface area contributed by atoms with Gasteiger partial charge in [0.05, 0.1) is 13.7 Å². The van der Waals surface area contributed by atoms with Gasteiger partial charge in [0, 0.05) is 23.5 Å². The number of nitrogens with zero attached hydrogens (tertiary/aromatic N) is 3. The number of aromatic nitrogens is 2. The molecule has 0 spiro atoms. The topological polar surface area (TPSA) is 64.5 Å². The van der Waals surface area contributed by atoms with Crippen molar-refractivity contribution in [2.24, 2.45) is 0 Å². The molecule has 0 saturated carbocycles. The van der Waals surface area contributed by atoms with Crippen molar-refractivity contribution in [1.29, 1.82) is 0 Å². The molecule has 6 heteroatoms. The molecule has 1 aromatic carbocycles. The molecule has 0 radical (unpaired) electrons. The summed E-state index contributed by atoms with van der Waals surface area (Å²) in [6, 6.07) is 9.52. The molecule has 132 valence electrons. The van der Waals surface area contributed by atoms with Crippen molar-refractivity contribution < 1.29 is 14.3 Å². The Morgan fingerprint density at radius 2 is 1.96 bits per heavy atom. The maximum absolute atomic E-state index is 12.8. The summed E-state index contributed by atoms with van der Waals surface area (Å²) in [7, 11) is 1.60. The molecule has 0 N–H and O–H groups in total. The van der Waals surface area contributed by atoms with E-state index in [2.05, 4.69) is 9.97 Å². The van der Waals surface area contributed by atoms with Crippen LogP contribution in [-0.2, 0) is 0 Å². The highest BCUT2D eigenvalue weighted by molar-refractivity contribution is 5.94. The first kappa shape index (κ1) is 17.2. The minimum Gasteiger partial charge on any atom is -0.497 e. The smallest absolute Gasteiger partial charge is 0.317 e.